The molecule has 27 heavy (non-hydrogen) atoms. The third-order valence-corrected chi connectivity index (χ3v) is 4.52. The lowest BCUT2D eigenvalue weighted by molar-refractivity contribution is -0.119. The number of anilines is 2. The van der Waals surface area contributed by atoms with Gasteiger partial charge in [-0.15, -0.1) is 11.8 Å². The van der Waals surface area contributed by atoms with Gasteiger partial charge < -0.3 is 10.6 Å². The summed E-state index contributed by atoms with van der Waals surface area (Å²) in [6, 6.07) is 16.8. The number of nitriles is 1. The summed E-state index contributed by atoms with van der Waals surface area (Å²) >= 11 is 1.56. The van der Waals surface area contributed by atoms with E-state index in [0.29, 0.717) is 12.1 Å². The number of carbonyl (C=O) groups excluding carboxylic acids is 2. The molecule has 2 aromatic rings. The van der Waals surface area contributed by atoms with Gasteiger partial charge in [0.2, 0.25) is 11.8 Å². The smallest absolute Gasteiger partial charge is 0.238 e. The number of nitrogens with one attached hydrogen (secondary N) is 2. The first-order valence-corrected chi connectivity index (χ1v) is 9.61. The Hall–Kier alpha value is -2.82. The standard InChI is InChI=1S/C20H22N4O2S/c1-24(14-20(26)23-17-5-3-4-6-18(17)27-2)13-19(25)22-16-9-7-15(8-10-16)11-12-21/h3-10H,11,13-14H2,1-2H3,(H,22,25)(H,23,26). The molecule has 0 aliphatic heterocycles. The van der Waals surface area contributed by atoms with Gasteiger partial charge in [0.1, 0.15) is 0 Å². The van der Waals surface area contributed by atoms with Crippen LogP contribution in [0.25, 0.3) is 0 Å². The van der Waals surface area contributed by atoms with Crippen LogP contribution in [0.3, 0.4) is 0 Å². The number of carbonyl (C=O) groups is 2. The number of likely N-dealkylation sites (N-methyl/N-ethyl adjacent to an activating group) is 1. The number of hydrogen-bond acceptors (Lipinski definition) is 5. The molecule has 0 spiro atoms. The van der Waals surface area contributed by atoms with Gasteiger partial charge in [-0.3, -0.25) is 14.5 Å². The van der Waals surface area contributed by atoms with Crippen LogP contribution in [0.5, 0.6) is 0 Å². The third-order valence-electron chi connectivity index (χ3n) is 3.73. The second-order valence-corrected chi connectivity index (χ2v) is 6.85. The summed E-state index contributed by atoms with van der Waals surface area (Å²) in [7, 11) is 1.72. The molecule has 0 fully saturated rings. The lowest BCUT2D eigenvalue weighted by Crippen LogP contribution is -2.36. The highest BCUT2D eigenvalue weighted by Gasteiger charge is 2.12. The van der Waals surface area contributed by atoms with Gasteiger partial charge >= 0.3 is 0 Å². The van der Waals surface area contributed by atoms with Crippen LogP contribution >= 0.6 is 11.8 Å². The molecule has 0 heterocycles. The van der Waals surface area contributed by atoms with Crippen LogP contribution in [0.2, 0.25) is 0 Å². The minimum absolute atomic E-state index is 0.0948. The Kier molecular flexibility index (Phi) is 7.86. The van der Waals surface area contributed by atoms with Gasteiger partial charge in [0, 0.05) is 10.6 Å². The summed E-state index contributed by atoms with van der Waals surface area (Å²) in [5.74, 6) is -0.379. The van der Waals surface area contributed by atoms with Crippen molar-refractivity contribution in [2.45, 2.75) is 11.3 Å². The highest BCUT2D eigenvalue weighted by molar-refractivity contribution is 7.98. The van der Waals surface area contributed by atoms with Crippen LogP contribution in [0.4, 0.5) is 11.4 Å². The molecule has 0 saturated heterocycles. The summed E-state index contributed by atoms with van der Waals surface area (Å²) < 4.78 is 0. The Morgan fingerprint density at radius 3 is 2.30 bits per heavy atom. The molecule has 0 aliphatic rings. The van der Waals surface area contributed by atoms with E-state index >= 15 is 0 Å². The van der Waals surface area contributed by atoms with Gasteiger partial charge in [0.05, 0.1) is 31.3 Å². The van der Waals surface area contributed by atoms with E-state index in [-0.39, 0.29) is 24.9 Å². The van der Waals surface area contributed by atoms with Crippen molar-refractivity contribution in [3.63, 3.8) is 0 Å². The molecule has 0 bridgehead atoms. The van der Waals surface area contributed by atoms with Crippen molar-refractivity contribution in [1.82, 2.24) is 4.90 Å². The van der Waals surface area contributed by atoms with Gasteiger partial charge in [-0.25, -0.2) is 0 Å². The maximum Gasteiger partial charge on any atom is 0.238 e. The predicted octanol–water partition coefficient (Wildman–Crippen LogP) is 2.98. The lowest BCUT2D eigenvalue weighted by atomic mass is 10.1. The molecule has 0 saturated carbocycles. The lowest BCUT2D eigenvalue weighted by Gasteiger charge is -2.17. The SMILES string of the molecule is CSc1ccccc1NC(=O)CN(C)CC(=O)Nc1ccc(CC#N)cc1. The summed E-state index contributed by atoms with van der Waals surface area (Å²) in [5, 5.41) is 14.3. The molecule has 0 aliphatic carbocycles. The highest BCUT2D eigenvalue weighted by Crippen LogP contribution is 2.24. The molecular formula is C20H22N4O2S. The molecule has 0 radical (unpaired) electrons. The number of hydrogen-bond donors (Lipinski definition) is 2. The van der Waals surface area contributed by atoms with Gasteiger partial charge in [-0.05, 0) is 43.1 Å². The number of rotatable bonds is 8. The molecule has 140 valence electrons. The Morgan fingerprint density at radius 1 is 1.04 bits per heavy atom. The molecular weight excluding hydrogens is 360 g/mol. The van der Waals surface area contributed by atoms with Crippen molar-refractivity contribution in [2.24, 2.45) is 0 Å². The summed E-state index contributed by atoms with van der Waals surface area (Å²) in [6.45, 7) is 0.203. The number of benzene rings is 2. The zero-order chi connectivity index (χ0) is 19.6. The average molecular weight is 382 g/mol. The van der Waals surface area contributed by atoms with E-state index in [4.69, 9.17) is 5.26 Å². The van der Waals surface area contributed by atoms with Crippen molar-refractivity contribution >= 4 is 35.0 Å². The topological polar surface area (TPSA) is 85.2 Å². The number of thioether (sulfide) groups is 1. The first-order valence-electron chi connectivity index (χ1n) is 8.39. The third kappa shape index (κ3) is 6.77. The predicted molar refractivity (Wildman–Crippen MR) is 109 cm³/mol. The normalized spacial score (nSPS) is 10.3. The van der Waals surface area contributed by atoms with E-state index in [0.717, 1.165) is 16.1 Å². The van der Waals surface area contributed by atoms with E-state index in [2.05, 4.69) is 16.7 Å². The molecule has 2 N–H and O–H groups in total. The number of nitrogens with zero attached hydrogens (tertiary/aromatic N) is 2. The highest BCUT2D eigenvalue weighted by atomic mass is 32.2. The van der Waals surface area contributed by atoms with Gasteiger partial charge in [0.15, 0.2) is 0 Å². The van der Waals surface area contributed by atoms with Gasteiger partial charge in [0.25, 0.3) is 0 Å². The van der Waals surface area contributed by atoms with E-state index in [1.807, 2.05) is 30.5 Å². The number of para-hydroxylation sites is 1. The van der Waals surface area contributed by atoms with E-state index in [1.165, 1.54) is 0 Å². The molecule has 6 nitrogen and oxygen atoms in total. The van der Waals surface area contributed by atoms with E-state index in [1.54, 1.807) is 48.0 Å². The molecule has 0 atom stereocenters. The molecule has 2 rings (SSSR count). The number of amides is 2. The maximum absolute atomic E-state index is 12.2. The summed E-state index contributed by atoms with van der Waals surface area (Å²) in [6.07, 6.45) is 2.29. The molecule has 0 aromatic heterocycles. The Balaban J connectivity index is 1.82. The Bertz CT molecular complexity index is 831. The van der Waals surface area contributed by atoms with Gasteiger partial charge in [-0.2, -0.15) is 5.26 Å². The van der Waals surface area contributed by atoms with Gasteiger partial charge in [-0.1, -0.05) is 24.3 Å². The molecule has 0 unspecified atom stereocenters. The fraction of sp³-hybridized carbons (Fsp3) is 0.250. The zero-order valence-electron chi connectivity index (χ0n) is 15.4. The fourth-order valence-electron chi connectivity index (χ4n) is 2.48. The quantitative estimate of drug-likeness (QED) is 0.686. The van der Waals surface area contributed by atoms with Crippen molar-refractivity contribution < 1.29 is 9.59 Å². The van der Waals surface area contributed by atoms with E-state index < -0.39 is 0 Å². The van der Waals surface area contributed by atoms with E-state index in [9.17, 15) is 9.59 Å². The molecule has 2 aromatic carbocycles. The summed E-state index contributed by atoms with van der Waals surface area (Å²) in [4.78, 5) is 27.0. The average Bonchev–Trinajstić information content (AvgIpc) is 2.63. The maximum atomic E-state index is 12.2. The molecule has 7 heteroatoms. The second kappa shape index (κ2) is 10.4. The van der Waals surface area contributed by atoms with Crippen LogP contribution < -0.4 is 10.6 Å². The van der Waals surface area contributed by atoms with Crippen molar-refractivity contribution in [3.8, 4) is 6.07 Å². The van der Waals surface area contributed by atoms with Crippen molar-refractivity contribution in [3.05, 3.63) is 54.1 Å². The minimum Gasteiger partial charge on any atom is -0.325 e. The monoisotopic (exact) mass is 382 g/mol. The van der Waals surface area contributed by atoms with Crippen molar-refractivity contribution in [1.29, 1.82) is 5.26 Å². The Labute approximate surface area is 163 Å². The fourth-order valence-corrected chi connectivity index (χ4v) is 3.04. The first kappa shape index (κ1) is 20.5. The van der Waals surface area contributed by atoms with Crippen LogP contribution in [-0.2, 0) is 16.0 Å². The molecule has 2 amide bonds. The van der Waals surface area contributed by atoms with Crippen LogP contribution in [0.15, 0.2) is 53.4 Å². The zero-order valence-corrected chi connectivity index (χ0v) is 16.2. The second-order valence-electron chi connectivity index (χ2n) is 6.00. The largest absolute Gasteiger partial charge is 0.325 e. The minimum atomic E-state index is -0.206. The van der Waals surface area contributed by atoms with Crippen molar-refractivity contribution in [2.75, 3.05) is 37.0 Å². The van der Waals surface area contributed by atoms with Crippen LogP contribution in [0, 0.1) is 11.3 Å². The van der Waals surface area contributed by atoms with Crippen LogP contribution in [-0.4, -0.2) is 43.1 Å². The first-order chi connectivity index (χ1) is 13.0. The Morgan fingerprint density at radius 2 is 1.67 bits per heavy atom. The summed E-state index contributed by atoms with van der Waals surface area (Å²) in [5.41, 5.74) is 2.33. The van der Waals surface area contributed by atoms with Crippen LogP contribution in [0.1, 0.15) is 5.56 Å².